The number of methoxy groups -OCH3 is 2. The van der Waals surface area contributed by atoms with E-state index in [-0.39, 0.29) is 17.9 Å². The van der Waals surface area contributed by atoms with Gasteiger partial charge in [-0.2, -0.15) is 0 Å². The van der Waals surface area contributed by atoms with Crippen molar-refractivity contribution in [2.24, 2.45) is 0 Å². The van der Waals surface area contributed by atoms with Crippen LogP contribution >= 0.6 is 0 Å². The molecule has 1 aliphatic heterocycles. The minimum atomic E-state index is -0.191. The van der Waals surface area contributed by atoms with Crippen molar-refractivity contribution in [2.75, 3.05) is 32.6 Å². The van der Waals surface area contributed by atoms with Crippen molar-refractivity contribution in [3.05, 3.63) is 125 Å². The van der Waals surface area contributed by atoms with Gasteiger partial charge in [-0.25, -0.2) is 4.68 Å². The van der Waals surface area contributed by atoms with Gasteiger partial charge in [-0.05, 0) is 89.0 Å². The summed E-state index contributed by atoms with van der Waals surface area (Å²) in [5, 5.41) is 11.6. The molecule has 1 amide bonds. The molecule has 0 saturated heterocycles. The summed E-state index contributed by atoms with van der Waals surface area (Å²) in [6.07, 6.45) is 3.82. The normalized spacial score (nSPS) is 13.1. The lowest BCUT2D eigenvalue weighted by Gasteiger charge is -2.29. The Balaban J connectivity index is 1.02. The van der Waals surface area contributed by atoms with Crippen molar-refractivity contribution < 1.29 is 19.0 Å². The number of nitrogens with zero attached hydrogens (tertiary/aromatic N) is 4. The molecule has 1 N–H and O–H groups in total. The number of fused-ring (bicyclic) bond motifs is 1. The van der Waals surface area contributed by atoms with Crippen LogP contribution in [0.5, 0.6) is 17.2 Å². The summed E-state index contributed by atoms with van der Waals surface area (Å²) >= 11 is 0. The number of carbonyl (C=O) groups excluding carboxylic acids is 1. The van der Waals surface area contributed by atoms with Gasteiger partial charge in [0.1, 0.15) is 18.1 Å². The molecule has 5 aromatic rings. The van der Waals surface area contributed by atoms with Crippen molar-refractivity contribution in [3.8, 4) is 22.9 Å². The highest BCUT2D eigenvalue weighted by Crippen LogP contribution is 2.33. The summed E-state index contributed by atoms with van der Waals surface area (Å²) in [6.45, 7) is 9.56. The first kappa shape index (κ1) is 32.8. The zero-order valence-electron chi connectivity index (χ0n) is 28.3. The molecule has 9 nitrogen and oxygen atoms in total. The topological polar surface area (TPSA) is 90.7 Å². The maximum atomic E-state index is 13.0. The van der Waals surface area contributed by atoms with Crippen LogP contribution in [-0.2, 0) is 31.4 Å². The van der Waals surface area contributed by atoms with Crippen LogP contribution in [0, 0.1) is 0 Å². The van der Waals surface area contributed by atoms with Gasteiger partial charge in [0, 0.05) is 25.2 Å². The van der Waals surface area contributed by atoms with Gasteiger partial charge in [0.15, 0.2) is 11.5 Å². The Morgan fingerprint density at radius 3 is 2.29 bits per heavy atom. The Morgan fingerprint density at radius 2 is 1.58 bits per heavy atom. The lowest BCUT2D eigenvalue weighted by molar-refractivity contribution is 0.102. The van der Waals surface area contributed by atoms with Crippen LogP contribution in [0.4, 0.5) is 5.69 Å². The van der Waals surface area contributed by atoms with Crippen LogP contribution in [0.15, 0.2) is 91.1 Å². The number of para-hydroxylation sites is 2. The molecule has 0 spiro atoms. The number of hydrogen-bond donors (Lipinski definition) is 1. The molecule has 0 radical (unpaired) electrons. The molecule has 1 aliphatic rings. The summed E-state index contributed by atoms with van der Waals surface area (Å²) in [6, 6.07) is 27.8. The highest BCUT2D eigenvalue weighted by molar-refractivity contribution is 6.05. The van der Waals surface area contributed by atoms with E-state index < -0.39 is 0 Å². The second-order valence-corrected chi connectivity index (χ2v) is 13.1. The lowest BCUT2D eigenvalue weighted by Crippen LogP contribution is -2.32. The maximum absolute atomic E-state index is 13.0. The minimum Gasteiger partial charge on any atom is -0.493 e. The highest BCUT2D eigenvalue weighted by atomic mass is 16.5. The average molecular weight is 646 g/mol. The number of nitrogens with one attached hydrogen (secondary N) is 1. The predicted molar refractivity (Wildman–Crippen MR) is 187 cm³/mol. The van der Waals surface area contributed by atoms with Crippen molar-refractivity contribution in [1.29, 1.82) is 0 Å². The third-order valence-corrected chi connectivity index (χ3v) is 8.78. The van der Waals surface area contributed by atoms with E-state index in [0.29, 0.717) is 22.7 Å². The van der Waals surface area contributed by atoms with E-state index in [0.717, 1.165) is 49.7 Å². The van der Waals surface area contributed by atoms with Crippen LogP contribution in [0.1, 0.15) is 59.1 Å². The van der Waals surface area contributed by atoms with Crippen LogP contribution in [-0.4, -0.2) is 53.1 Å². The molecule has 9 heteroatoms. The first-order valence-corrected chi connectivity index (χ1v) is 16.3. The first-order valence-electron chi connectivity index (χ1n) is 16.3. The smallest absolute Gasteiger partial charge is 0.255 e. The van der Waals surface area contributed by atoms with Crippen LogP contribution < -0.4 is 19.5 Å². The van der Waals surface area contributed by atoms with Gasteiger partial charge in [0.25, 0.3) is 5.91 Å². The maximum Gasteiger partial charge on any atom is 0.255 e. The fourth-order valence-electron chi connectivity index (χ4n) is 5.89. The van der Waals surface area contributed by atoms with E-state index >= 15 is 0 Å². The number of anilines is 1. The van der Waals surface area contributed by atoms with Crippen LogP contribution in [0.2, 0.25) is 0 Å². The molecule has 248 valence electrons. The minimum absolute atomic E-state index is 0.0223. The quantitative estimate of drug-likeness (QED) is 0.165. The van der Waals surface area contributed by atoms with Crippen molar-refractivity contribution in [1.82, 2.24) is 19.9 Å². The fraction of sp³-hybridized carbons (Fsp3) is 0.308. The number of hydrogen-bond acceptors (Lipinski definition) is 7. The molecule has 0 unspecified atom stereocenters. The van der Waals surface area contributed by atoms with Gasteiger partial charge < -0.3 is 19.5 Å². The standard InChI is InChI=1S/C39H43N5O4/c1-39(2,3)31-14-12-28(13-15-31)38(45)40-34-8-6-7-9-35(34)48-26-32-25-44(42-41-32)33-16-10-27(11-17-33)18-20-43-21-19-29-22-36(46-4)37(47-5)23-30(29)24-43/h6-17,22-23,25H,18-21,24,26H2,1-5H3,(H,40,45). The Hall–Kier alpha value is -5.15. The second kappa shape index (κ2) is 14.3. The summed E-state index contributed by atoms with van der Waals surface area (Å²) in [5.41, 5.74) is 7.89. The molecule has 0 fully saturated rings. The van der Waals surface area contributed by atoms with E-state index in [2.05, 4.69) is 77.7 Å². The van der Waals surface area contributed by atoms with E-state index in [1.165, 1.54) is 22.3 Å². The molecule has 2 heterocycles. The number of benzene rings is 4. The molecule has 48 heavy (non-hydrogen) atoms. The first-order chi connectivity index (χ1) is 23.2. The number of rotatable bonds is 11. The largest absolute Gasteiger partial charge is 0.493 e. The highest BCUT2D eigenvalue weighted by Gasteiger charge is 2.20. The molecule has 0 atom stereocenters. The van der Waals surface area contributed by atoms with Crippen LogP contribution in [0.3, 0.4) is 0 Å². The number of aromatic nitrogens is 3. The third-order valence-electron chi connectivity index (χ3n) is 8.78. The van der Waals surface area contributed by atoms with Gasteiger partial charge in [-0.1, -0.05) is 62.4 Å². The van der Waals surface area contributed by atoms with E-state index in [9.17, 15) is 4.79 Å². The summed E-state index contributed by atoms with van der Waals surface area (Å²) in [5.74, 6) is 1.95. The van der Waals surface area contributed by atoms with Crippen molar-refractivity contribution in [3.63, 3.8) is 0 Å². The zero-order chi connectivity index (χ0) is 33.7. The van der Waals surface area contributed by atoms with Crippen molar-refractivity contribution >= 4 is 11.6 Å². The number of ether oxygens (including phenoxy) is 3. The number of amides is 1. The van der Waals surface area contributed by atoms with Gasteiger partial charge in [-0.15, -0.1) is 5.10 Å². The lowest BCUT2D eigenvalue weighted by atomic mass is 9.87. The third kappa shape index (κ3) is 7.69. The average Bonchev–Trinajstić information content (AvgIpc) is 3.58. The Kier molecular flexibility index (Phi) is 9.77. The predicted octanol–water partition coefficient (Wildman–Crippen LogP) is 7.01. The second-order valence-electron chi connectivity index (χ2n) is 13.1. The molecule has 4 aromatic carbocycles. The molecule has 6 rings (SSSR count). The SMILES string of the molecule is COc1cc2c(cc1OC)CN(CCc1ccc(-n3cc(COc4ccccc4NC(=O)c4ccc(C(C)(C)C)cc4)nn3)cc1)CC2. The van der Waals surface area contributed by atoms with E-state index in [4.69, 9.17) is 14.2 Å². The molecule has 1 aromatic heterocycles. The fourth-order valence-corrected chi connectivity index (χ4v) is 5.89. The summed E-state index contributed by atoms with van der Waals surface area (Å²) < 4.78 is 18.8. The molecule has 0 bridgehead atoms. The Labute approximate surface area is 282 Å². The van der Waals surface area contributed by atoms with Crippen molar-refractivity contribution in [2.45, 2.75) is 52.2 Å². The molecular weight excluding hydrogens is 602 g/mol. The van der Waals surface area contributed by atoms with Gasteiger partial charge >= 0.3 is 0 Å². The van der Waals surface area contributed by atoms with Gasteiger partial charge in [0.2, 0.25) is 0 Å². The number of carbonyl (C=O) groups is 1. The van der Waals surface area contributed by atoms with Gasteiger partial charge in [-0.3, -0.25) is 9.69 Å². The summed E-state index contributed by atoms with van der Waals surface area (Å²) in [7, 11) is 3.36. The Morgan fingerprint density at radius 1 is 0.875 bits per heavy atom. The zero-order valence-corrected chi connectivity index (χ0v) is 28.3. The monoisotopic (exact) mass is 645 g/mol. The van der Waals surface area contributed by atoms with Gasteiger partial charge in [0.05, 0.1) is 31.8 Å². The Bertz CT molecular complexity index is 1860. The molecule has 0 saturated carbocycles. The van der Waals surface area contributed by atoms with E-state index in [1.807, 2.05) is 54.7 Å². The van der Waals surface area contributed by atoms with E-state index in [1.54, 1.807) is 18.9 Å². The summed E-state index contributed by atoms with van der Waals surface area (Å²) in [4.78, 5) is 15.5. The molecular formula is C39H43N5O4. The molecule has 0 aliphatic carbocycles. The van der Waals surface area contributed by atoms with Crippen LogP contribution in [0.25, 0.3) is 5.69 Å².